The molecule has 0 atom stereocenters. The van der Waals surface area contributed by atoms with E-state index in [-0.39, 0.29) is 23.6 Å². The van der Waals surface area contributed by atoms with Crippen LogP contribution in [0.3, 0.4) is 0 Å². The van der Waals surface area contributed by atoms with Crippen LogP contribution in [0.5, 0.6) is 0 Å². The van der Waals surface area contributed by atoms with Crippen molar-refractivity contribution in [1.29, 1.82) is 0 Å². The third-order valence-electron chi connectivity index (χ3n) is 4.61. The van der Waals surface area contributed by atoms with Gasteiger partial charge in [0.15, 0.2) is 5.96 Å². The lowest BCUT2D eigenvalue weighted by molar-refractivity contribution is 0.120. The van der Waals surface area contributed by atoms with E-state index in [0.717, 1.165) is 37.8 Å². The number of benzene rings is 1. The van der Waals surface area contributed by atoms with Crippen LogP contribution in [-0.4, -0.2) is 58.4 Å². The van der Waals surface area contributed by atoms with Crippen LogP contribution in [0.25, 0.3) is 0 Å². The number of methoxy groups -OCH3 is 1. The molecule has 2 rings (SSSR count). The summed E-state index contributed by atoms with van der Waals surface area (Å²) in [4.78, 5) is 4.81. The fraction of sp³-hybridized carbons (Fsp3) is 0.632. The first-order valence-electron chi connectivity index (χ1n) is 9.75. The summed E-state index contributed by atoms with van der Waals surface area (Å²) in [5, 5.41) is 16.3. The summed E-state index contributed by atoms with van der Waals surface area (Å²) >= 11 is 0. The molecule has 8 nitrogen and oxygen atoms in total. The van der Waals surface area contributed by atoms with Gasteiger partial charge in [-0.15, -0.1) is 0 Å². The number of nitrogens with zero attached hydrogens (tertiary/aromatic N) is 1. The highest BCUT2D eigenvalue weighted by Gasteiger charge is 2.20. The van der Waals surface area contributed by atoms with Crippen LogP contribution in [-0.2, 0) is 21.3 Å². The van der Waals surface area contributed by atoms with Crippen molar-refractivity contribution in [2.75, 3.05) is 26.8 Å². The fourth-order valence-electron chi connectivity index (χ4n) is 3.08. The van der Waals surface area contributed by atoms with E-state index in [0.29, 0.717) is 19.1 Å². The van der Waals surface area contributed by atoms with E-state index in [9.17, 15) is 13.5 Å². The van der Waals surface area contributed by atoms with E-state index in [1.54, 1.807) is 18.2 Å². The second-order valence-corrected chi connectivity index (χ2v) is 8.65. The second kappa shape index (κ2) is 11.4. The third-order valence-corrected chi connectivity index (χ3v) is 6.07. The zero-order chi connectivity index (χ0) is 20.4. The van der Waals surface area contributed by atoms with Crippen LogP contribution in [0.2, 0.25) is 0 Å². The summed E-state index contributed by atoms with van der Waals surface area (Å²) in [5.74, 6) is 0.704. The van der Waals surface area contributed by atoms with Crippen molar-refractivity contribution in [3.8, 4) is 0 Å². The zero-order valence-corrected chi connectivity index (χ0v) is 17.5. The van der Waals surface area contributed by atoms with Crippen LogP contribution in [0.4, 0.5) is 0 Å². The number of nitrogens with one attached hydrogen (secondary N) is 3. The molecular weight excluding hydrogens is 380 g/mol. The number of hydrogen-bond donors (Lipinski definition) is 4. The fourth-order valence-corrected chi connectivity index (χ4v) is 4.16. The third kappa shape index (κ3) is 7.38. The standard InChI is InChI=1S/C19H32N4O4S/c1-3-20-19(23-16-7-9-17(24)10-8-16)21-14-15-5-4-6-18(13-15)28(25,26)22-11-12-27-2/h4-6,13,16-17,22,24H,3,7-12,14H2,1-2H3,(H2,20,21,23). The summed E-state index contributed by atoms with van der Waals surface area (Å²) in [6, 6.07) is 7.08. The molecule has 0 bridgehead atoms. The van der Waals surface area contributed by atoms with Gasteiger partial charge < -0.3 is 20.5 Å². The van der Waals surface area contributed by atoms with E-state index >= 15 is 0 Å². The summed E-state index contributed by atoms with van der Waals surface area (Å²) in [6.07, 6.45) is 3.22. The monoisotopic (exact) mass is 412 g/mol. The van der Waals surface area contributed by atoms with Gasteiger partial charge >= 0.3 is 0 Å². The number of hydrogen-bond acceptors (Lipinski definition) is 5. The molecule has 0 heterocycles. The maximum absolute atomic E-state index is 12.3. The molecule has 0 amide bonds. The van der Waals surface area contributed by atoms with Gasteiger partial charge in [0, 0.05) is 26.2 Å². The van der Waals surface area contributed by atoms with Crippen LogP contribution in [0.1, 0.15) is 38.2 Å². The van der Waals surface area contributed by atoms with E-state index in [2.05, 4.69) is 20.3 Å². The molecule has 1 fully saturated rings. The molecule has 9 heteroatoms. The first-order chi connectivity index (χ1) is 13.4. The summed E-state index contributed by atoms with van der Waals surface area (Å²) in [7, 11) is -2.04. The Balaban J connectivity index is 2.01. The molecule has 4 N–H and O–H groups in total. The number of sulfonamides is 1. The molecule has 1 aliphatic rings. The van der Waals surface area contributed by atoms with Gasteiger partial charge in [0.1, 0.15) is 0 Å². The molecule has 0 aliphatic heterocycles. The Morgan fingerprint density at radius 3 is 2.71 bits per heavy atom. The lowest BCUT2D eigenvalue weighted by Gasteiger charge is -2.27. The molecule has 28 heavy (non-hydrogen) atoms. The average Bonchev–Trinajstić information content (AvgIpc) is 2.68. The minimum absolute atomic E-state index is 0.195. The number of guanidine groups is 1. The van der Waals surface area contributed by atoms with E-state index in [4.69, 9.17) is 4.74 Å². The van der Waals surface area contributed by atoms with Gasteiger partial charge in [-0.2, -0.15) is 0 Å². The molecule has 1 saturated carbocycles. The second-order valence-electron chi connectivity index (χ2n) is 6.88. The highest BCUT2D eigenvalue weighted by atomic mass is 32.2. The first kappa shape index (κ1) is 22.6. The number of rotatable bonds is 9. The van der Waals surface area contributed by atoms with E-state index in [1.807, 2.05) is 13.0 Å². The molecular formula is C19H32N4O4S. The quantitative estimate of drug-likeness (QED) is 0.273. The number of aliphatic hydroxyl groups is 1. The minimum Gasteiger partial charge on any atom is -0.393 e. The van der Waals surface area contributed by atoms with Gasteiger partial charge in [-0.3, -0.25) is 0 Å². The summed E-state index contributed by atoms with van der Waals surface area (Å²) in [5.41, 5.74) is 0.811. The van der Waals surface area contributed by atoms with Gasteiger partial charge in [0.05, 0.1) is 24.2 Å². The van der Waals surface area contributed by atoms with Crippen LogP contribution in [0.15, 0.2) is 34.2 Å². The predicted octanol–water partition coefficient (Wildman–Crippen LogP) is 0.970. The van der Waals surface area contributed by atoms with Crippen LogP contribution >= 0.6 is 0 Å². The smallest absolute Gasteiger partial charge is 0.240 e. The Kier molecular flexibility index (Phi) is 9.17. The van der Waals surface area contributed by atoms with Crippen molar-refractivity contribution in [3.63, 3.8) is 0 Å². The molecule has 0 radical (unpaired) electrons. The van der Waals surface area contributed by atoms with E-state index in [1.165, 1.54) is 7.11 Å². The maximum atomic E-state index is 12.3. The zero-order valence-electron chi connectivity index (χ0n) is 16.6. The topological polar surface area (TPSA) is 112 Å². The lowest BCUT2D eigenvalue weighted by Crippen LogP contribution is -2.45. The Hall–Kier alpha value is -1.68. The number of aliphatic imine (C=N–C) groups is 1. The molecule has 0 unspecified atom stereocenters. The molecule has 1 aromatic rings. The Morgan fingerprint density at radius 1 is 1.29 bits per heavy atom. The van der Waals surface area contributed by atoms with Crippen molar-refractivity contribution in [1.82, 2.24) is 15.4 Å². The Morgan fingerprint density at radius 2 is 2.04 bits per heavy atom. The van der Waals surface area contributed by atoms with Crippen LogP contribution < -0.4 is 15.4 Å². The highest BCUT2D eigenvalue weighted by Crippen LogP contribution is 2.18. The normalized spacial score (nSPS) is 20.8. The average molecular weight is 413 g/mol. The van der Waals surface area contributed by atoms with Crippen molar-refractivity contribution in [3.05, 3.63) is 29.8 Å². The van der Waals surface area contributed by atoms with Gasteiger partial charge in [0.2, 0.25) is 10.0 Å². The van der Waals surface area contributed by atoms with Crippen molar-refractivity contribution < 1.29 is 18.3 Å². The summed E-state index contributed by atoms with van der Waals surface area (Å²) in [6.45, 7) is 3.65. The number of aliphatic hydroxyl groups excluding tert-OH is 1. The Bertz CT molecular complexity index is 731. The predicted molar refractivity (Wildman–Crippen MR) is 110 cm³/mol. The van der Waals surface area contributed by atoms with Gasteiger partial charge in [-0.1, -0.05) is 12.1 Å². The highest BCUT2D eigenvalue weighted by molar-refractivity contribution is 7.89. The molecule has 1 aromatic carbocycles. The minimum atomic E-state index is -3.57. The van der Waals surface area contributed by atoms with Gasteiger partial charge in [0.25, 0.3) is 0 Å². The molecule has 1 aliphatic carbocycles. The maximum Gasteiger partial charge on any atom is 0.240 e. The lowest BCUT2D eigenvalue weighted by atomic mass is 9.93. The van der Waals surface area contributed by atoms with Crippen LogP contribution in [0, 0.1) is 0 Å². The largest absolute Gasteiger partial charge is 0.393 e. The molecule has 0 aromatic heterocycles. The molecule has 158 valence electrons. The van der Waals surface area contributed by atoms with Crippen molar-refractivity contribution in [2.24, 2.45) is 4.99 Å². The molecule has 0 saturated heterocycles. The van der Waals surface area contributed by atoms with Crippen molar-refractivity contribution in [2.45, 2.75) is 56.2 Å². The number of ether oxygens (including phenoxy) is 1. The SMILES string of the molecule is CCNC(=NCc1cccc(S(=O)(=O)NCCOC)c1)NC1CCC(O)CC1. The first-order valence-corrected chi connectivity index (χ1v) is 11.2. The van der Waals surface area contributed by atoms with Crippen molar-refractivity contribution >= 4 is 16.0 Å². The van der Waals surface area contributed by atoms with Gasteiger partial charge in [-0.25, -0.2) is 18.1 Å². The summed E-state index contributed by atoms with van der Waals surface area (Å²) < 4.78 is 32.1. The molecule has 0 spiro atoms. The van der Waals surface area contributed by atoms with Gasteiger partial charge in [-0.05, 0) is 50.3 Å². The van der Waals surface area contributed by atoms with E-state index < -0.39 is 10.0 Å². The Labute approximate surface area is 167 Å².